The van der Waals surface area contributed by atoms with Crippen molar-refractivity contribution in [3.63, 3.8) is 0 Å². The average molecular weight is 390 g/mol. The third kappa shape index (κ3) is 4.51. The van der Waals surface area contributed by atoms with Crippen LogP contribution in [0.5, 0.6) is 0 Å². The van der Waals surface area contributed by atoms with Gasteiger partial charge in [-0.25, -0.2) is 9.37 Å². The standard InChI is InChI=1S/C17H20FN3O2.2ClH/c18-13-4-6-15-11(8-13)3-5-16-14(20-10-21(15)16)9-12(17(22)23)2-1-7-19;;/h4,6,8,10,12H,1-3,5,7,9,19H2,(H,22,23);2*1H/t12-;;/m0../s1. The first-order valence-electron chi connectivity index (χ1n) is 7.87. The molecule has 0 saturated heterocycles. The van der Waals surface area contributed by atoms with E-state index in [9.17, 15) is 14.3 Å². The minimum atomic E-state index is -0.807. The van der Waals surface area contributed by atoms with Gasteiger partial charge in [0.2, 0.25) is 0 Å². The number of benzene rings is 1. The Hall–Kier alpha value is -1.63. The number of aliphatic carboxylic acids is 1. The molecule has 1 aromatic heterocycles. The molecule has 0 bridgehead atoms. The van der Waals surface area contributed by atoms with Gasteiger partial charge in [0.15, 0.2) is 0 Å². The van der Waals surface area contributed by atoms with Crippen LogP contribution in [0.25, 0.3) is 5.69 Å². The predicted octanol–water partition coefficient (Wildman–Crippen LogP) is 2.94. The van der Waals surface area contributed by atoms with Gasteiger partial charge in [-0.3, -0.25) is 4.79 Å². The number of hydrogen-bond donors (Lipinski definition) is 2. The number of carboxylic acid groups (broad SMARTS) is 1. The van der Waals surface area contributed by atoms with Crippen molar-refractivity contribution in [2.24, 2.45) is 11.7 Å². The van der Waals surface area contributed by atoms with Gasteiger partial charge in [-0.15, -0.1) is 24.8 Å². The molecule has 0 spiro atoms. The number of carbonyl (C=O) groups is 1. The molecule has 25 heavy (non-hydrogen) atoms. The topological polar surface area (TPSA) is 81.1 Å². The highest BCUT2D eigenvalue weighted by Crippen LogP contribution is 2.28. The average Bonchev–Trinajstić information content (AvgIpc) is 2.94. The van der Waals surface area contributed by atoms with E-state index in [4.69, 9.17) is 5.73 Å². The number of imidazole rings is 1. The Balaban J connectivity index is 0.00000156. The van der Waals surface area contributed by atoms with E-state index >= 15 is 0 Å². The third-order valence-corrected chi connectivity index (χ3v) is 4.43. The summed E-state index contributed by atoms with van der Waals surface area (Å²) in [6, 6.07) is 4.75. The number of fused-ring (bicyclic) bond motifs is 3. The fourth-order valence-electron chi connectivity index (χ4n) is 3.21. The number of rotatable bonds is 6. The van der Waals surface area contributed by atoms with Crippen LogP contribution < -0.4 is 5.73 Å². The van der Waals surface area contributed by atoms with E-state index in [0.717, 1.165) is 35.5 Å². The van der Waals surface area contributed by atoms with Crippen molar-refractivity contribution in [3.8, 4) is 5.69 Å². The van der Waals surface area contributed by atoms with E-state index in [1.807, 2.05) is 4.57 Å². The molecule has 2 heterocycles. The second kappa shape index (κ2) is 9.17. The minimum absolute atomic E-state index is 0. The van der Waals surface area contributed by atoms with Gasteiger partial charge < -0.3 is 15.4 Å². The minimum Gasteiger partial charge on any atom is -0.481 e. The summed E-state index contributed by atoms with van der Waals surface area (Å²) in [6.07, 6.45) is 4.85. The number of nitrogens with two attached hydrogens (primary N) is 1. The van der Waals surface area contributed by atoms with Crippen molar-refractivity contribution < 1.29 is 14.3 Å². The van der Waals surface area contributed by atoms with Crippen LogP contribution in [0, 0.1) is 11.7 Å². The first kappa shape index (κ1) is 21.4. The molecule has 138 valence electrons. The second-order valence-electron chi connectivity index (χ2n) is 5.95. The third-order valence-electron chi connectivity index (χ3n) is 4.43. The zero-order chi connectivity index (χ0) is 16.4. The van der Waals surface area contributed by atoms with Gasteiger partial charge in [-0.2, -0.15) is 0 Å². The zero-order valence-corrected chi connectivity index (χ0v) is 15.3. The summed E-state index contributed by atoms with van der Waals surface area (Å²) in [7, 11) is 0. The molecule has 0 unspecified atom stereocenters. The molecule has 1 aliphatic heterocycles. The molecular formula is C17H22Cl2FN3O2. The van der Waals surface area contributed by atoms with Crippen molar-refractivity contribution in [2.75, 3.05) is 6.54 Å². The maximum Gasteiger partial charge on any atom is 0.306 e. The van der Waals surface area contributed by atoms with Crippen LogP contribution in [0.2, 0.25) is 0 Å². The summed E-state index contributed by atoms with van der Waals surface area (Å²) >= 11 is 0. The van der Waals surface area contributed by atoms with Crippen molar-refractivity contribution in [3.05, 3.63) is 47.3 Å². The first-order chi connectivity index (χ1) is 11.1. The summed E-state index contributed by atoms with van der Waals surface area (Å²) < 4.78 is 15.3. The van der Waals surface area contributed by atoms with Gasteiger partial charge in [0, 0.05) is 12.1 Å². The lowest BCUT2D eigenvalue weighted by Crippen LogP contribution is -2.20. The van der Waals surface area contributed by atoms with E-state index in [-0.39, 0.29) is 30.6 Å². The van der Waals surface area contributed by atoms with Crippen molar-refractivity contribution >= 4 is 30.8 Å². The Labute approximate surface area is 158 Å². The predicted molar refractivity (Wildman–Crippen MR) is 98.5 cm³/mol. The van der Waals surface area contributed by atoms with Gasteiger partial charge in [0.25, 0.3) is 0 Å². The van der Waals surface area contributed by atoms with Crippen LogP contribution in [0.4, 0.5) is 4.39 Å². The fourth-order valence-corrected chi connectivity index (χ4v) is 3.21. The summed E-state index contributed by atoms with van der Waals surface area (Å²) in [5.74, 6) is -1.51. The SMILES string of the molecule is Cl.Cl.NCCC[C@@H](Cc1ncn2c1CCc1cc(F)ccc1-2)C(=O)O. The Kier molecular flexibility index (Phi) is 7.86. The van der Waals surface area contributed by atoms with E-state index in [1.54, 1.807) is 18.5 Å². The molecule has 0 amide bonds. The quantitative estimate of drug-likeness (QED) is 0.795. The van der Waals surface area contributed by atoms with Gasteiger partial charge >= 0.3 is 5.97 Å². The molecule has 1 aromatic carbocycles. The second-order valence-corrected chi connectivity index (χ2v) is 5.95. The molecule has 1 atom stereocenters. The zero-order valence-electron chi connectivity index (χ0n) is 13.7. The molecule has 0 aliphatic carbocycles. The molecular weight excluding hydrogens is 368 g/mol. The van der Waals surface area contributed by atoms with Crippen LogP contribution in [0.3, 0.4) is 0 Å². The number of carboxylic acids is 1. The van der Waals surface area contributed by atoms with Gasteiger partial charge in [-0.05, 0) is 56.0 Å². The summed E-state index contributed by atoms with van der Waals surface area (Å²) in [5, 5.41) is 9.37. The highest BCUT2D eigenvalue weighted by Gasteiger charge is 2.24. The molecule has 8 heteroatoms. The van der Waals surface area contributed by atoms with Crippen molar-refractivity contribution in [2.45, 2.75) is 32.1 Å². The van der Waals surface area contributed by atoms with E-state index < -0.39 is 11.9 Å². The Bertz CT molecular complexity index is 737. The van der Waals surface area contributed by atoms with E-state index in [2.05, 4.69) is 4.98 Å². The highest BCUT2D eigenvalue weighted by atomic mass is 35.5. The molecule has 0 radical (unpaired) electrons. The molecule has 3 rings (SSSR count). The van der Waals surface area contributed by atoms with Crippen LogP contribution in [-0.4, -0.2) is 27.2 Å². The van der Waals surface area contributed by atoms with E-state index in [0.29, 0.717) is 25.8 Å². The molecule has 2 aromatic rings. The summed E-state index contributed by atoms with van der Waals surface area (Å²) in [6.45, 7) is 0.490. The number of aryl methyl sites for hydroxylation is 1. The molecule has 1 aliphatic rings. The normalized spacial score (nSPS) is 13.0. The van der Waals surface area contributed by atoms with Crippen molar-refractivity contribution in [1.29, 1.82) is 0 Å². The maximum absolute atomic E-state index is 13.4. The summed E-state index contributed by atoms with van der Waals surface area (Å²) in [5.41, 5.74) is 9.23. The lowest BCUT2D eigenvalue weighted by atomic mass is 9.94. The number of hydrogen-bond acceptors (Lipinski definition) is 3. The lowest BCUT2D eigenvalue weighted by Gasteiger charge is -2.20. The monoisotopic (exact) mass is 389 g/mol. The largest absolute Gasteiger partial charge is 0.481 e. The summed E-state index contributed by atoms with van der Waals surface area (Å²) in [4.78, 5) is 15.8. The van der Waals surface area contributed by atoms with E-state index in [1.165, 1.54) is 6.07 Å². The number of halogens is 3. The fraction of sp³-hybridized carbons (Fsp3) is 0.412. The van der Waals surface area contributed by atoms with Gasteiger partial charge in [-0.1, -0.05) is 0 Å². The highest BCUT2D eigenvalue weighted by molar-refractivity contribution is 5.85. The first-order valence-corrected chi connectivity index (χ1v) is 7.87. The lowest BCUT2D eigenvalue weighted by molar-refractivity contribution is -0.142. The molecule has 0 saturated carbocycles. The van der Waals surface area contributed by atoms with Crippen LogP contribution in [-0.2, 0) is 24.1 Å². The maximum atomic E-state index is 13.4. The Morgan fingerprint density at radius 3 is 2.80 bits per heavy atom. The van der Waals surface area contributed by atoms with Crippen LogP contribution in [0.15, 0.2) is 24.5 Å². The molecule has 0 fully saturated rings. The molecule has 3 N–H and O–H groups in total. The van der Waals surface area contributed by atoms with Crippen LogP contribution in [0.1, 0.15) is 29.8 Å². The number of nitrogens with zero attached hydrogens (tertiary/aromatic N) is 2. The van der Waals surface area contributed by atoms with Crippen molar-refractivity contribution in [1.82, 2.24) is 9.55 Å². The van der Waals surface area contributed by atoms with Gasteiger partial charge in [0.05, 0.1) is 23.6 Å². The van der Waals surface area contributed by atoms with Crippen LogP contribution >= 0.6 is 24.8 Å². The van der Waals surface area contributed by atoms with Gasteiger partial charge in [0.1, 0.15) is 5.82 Å². The smallest absolute Gasteiger partial charge is 0.306 e. The Morgan fingerprint density at radius 1 is 1.36 bits per heavy atom. The molecule has 5 nitrogen and oxygen atoms in total. The Morgan fingerprint density at radius 2 is 2.12 bits per heavy atom. The number of aromatic nitrogens is 2.